The zero-order chi connectivity index (χ0) is 21.0. The average molecular weight is 420 g/mol. The number of carbonyl (C=O) groups is 1. The highest BCUT2D eigenvalue weighted by Gasteiger charge is 2.41. The lowest BCUT2D eigenvalue weighted by Gasteiger charge is -2.24. The Balaban J connectivity index is 1.90. The normalized spacial score (nSPS) is 14.9. The molecule has 0 N–H and O–H groups in total. The first-order valence-corrected chi connectivity index (χ1v) is 11.3. The van der Waals surface area contributed by atoms with Gasteiger partial charge in [-0.3, -0.25) is 0 Å². The zero-order valence-corrected chi connectivity index (χ0v) is 17.5. The van der Waals surface area contributed by atoms with Crippen LogP contribution in [0.3, 0.4) is 0 Å². The number of rotatable bonds is 3. The van der Waals surface area contributed by atoms with Crippen LogP contribution in [-0.2, 0) is 27.4 Å². The summed E-state index contributed by atoms with van der Waals surface area (Å²) >= 11 is 0. The monoisotopic (exact) mass is 420 g/mol. The predicted octanol–water partition coefficient (Wildman–Crippen LogP) is 4.45. The van der Waals surface area contributed by atoms with Crippen molar-refractivity contribution in [2.24, 2.45) is 0 Å². The summed E-state index contributed by atoms with van der Waals surface area (Å²) in [5, 5.41) is 0. The van der Waals surface area contributed by atoms with Crippen LogP contribution in [0, 0.1) is 0 Å². The molecule has 0 fully saturated rings. The van der Waals surface area contributed by atoms with Crippen molar-refractivity contribution in [3.8, 4) is 28.0 Å². The fourth-order valence-electron chi connectivity index (χ4n) is 4.54. The number of carbonyl (C=O) groups excluding carboxylic acids is 1. The van der Waals surface area contributed by atoms with Gasteiger partial charge in [-0.1, -0.05) is 24.3 Å². The van der Waals surface area contributed by atoms with E-state index in [1.54, 1.807) is 38.3 Å². The lowest BCUT2D eigenvalue weighted by Crippen LogP contribution is -2.13. The van der Waals surface area contributed by atoms with Gasteiger partial charge in [-0.15, -0.1) is 0 Å². The molecule has 30 heavy (non-hydrogen) atoms. The van der Waals surface area contributed by atoms with Gasteiger partial charge in [-0.2, -0.15) is 0 Å². The number of benzene rings is 3. The molecule has 1 aliphatic heterocycles. The van der Waals surface area contributed by atoms with Crippen LogP contribution in [0.25, 0.3) is 22.3 Å². The van der Waals surface area contributed by atoms with E-state index in [9.17, 15) is 13.2 Å². The van der Waals surface area contributed by atoms with Crippen molar-refractivity contribution in [3.63, 3.8) is 0 Å². The van der Waals surface area contributed by atoms with Gasteiger partial charge >= 0.3 is 5.97 Å². The Labute approximate surface area is 175 Å². The fraction of sp³-hybridized carbons (Fsp3) is 0.208. The summed E-state index contributed by atoms with van der Waals surface area (Å²) in [5.74, 6) is 0.243. The fourth-order valence-corrected chi connectivity index (χ4v) is 6.48. The Morgan fingerprint density at radius 1 is 0.967 bits per heavy atom. The number of esters is 1. The Kier molecular flexibility index (Phi) is 4.22. The van der Waals surface area contributed by atoms with Crippen molar-refractivity contribution in [1.29, 1.82) is 0 Å². The molecule has 0 unspecified atom stereocenters. The van der Waals surface area contributed by atoms with Crippen molar-refractivity contribution in [2.45, 2.75) is 29.6 Å². The molecule has 5 rings (SSSR count). The van der Waals surface area contributed by atoms with Crippen LogP contribution in [0.5, 0.6) is 5.75 Å². The summed E-state index contributed by atoms with van der Waals surface area (Å²) in [6.45, 7) is 1.96. The number of sulfone groups is 1. The first kappa shape index (κ1) is 18.9. The lowest BCUT2D eigenvalue weighted by molar-refractivity contribution is 0.0527. The van der Waals surface area contributed by atoms with Crippen molar-refractivity contribution in [3.05, 3.63) is 65.2 Å². The number of ether oxygens (including phenoxy) is 2. The minimum absolute atomic E-state index is 0.218. The summed E-state index contributed by atoms with van der Waals surface area (Å²) in [6, 6.07) is 14.4. The van der Waals surface area contributed by atoms with Gasteiger partial charge in [-0.05, 0) is 60.7 Å². The van der Waals surface area contributed by atoms with Gasteiger partial charge in [0.25, 0.3) is 0 Å². The molecular weight excluding hydrogens is 400 g/mol. The minimum atomic E-state index is -3.77. The first-order valence-electron chi connectivity index (χ1n) is 9.86. The maximum Gasteiger partial charge on any atom is 0.338 e. The van der Waals surface area contributed by atoms with Crippen LogP contribution >= 0.6 is 0 Å². The second kappa shape index (κ2) is 6.71. The predicted molar refractivity (Wildman–Crippen MR) is 113 cm³/mol. The van der Waals surface area contributed by atoms with E-state index in [1.165, 1.54) is 0 Å². The molecule has 5 nitrogen and oxygen atoms in total. The maximum absolute atomic E-state index is 13.6. The van der Waals surface area contributed by atoms with Gasteiger partial charge in [0.15, 0.2) is 0 Å². The maximum atomic E-state index is 13.6. The molecule has 3 aromatic rings. The Morgan fingerprint density at radius 2 is 1.73 bits per heavy atom. The smallest absolute Gasteiger partial charge is 0.338 e. The summed E-state index contributed by atoms with van der Waals surface area (Å²) in [7, 11) is -2.16. The summed E-state index contributed by atoms with van der Waals surface area (Å²) in [6.07, 6.45) is 1.38. The molecule has 0 radical (unpaired) electrons. The van der Waals surface area contributed by atoms with Crippen LogP contribution in [-0.4, -0.2) is 28.1 Å². The van der Waals surface area contributed by atoms with Crippen molar-refractivity contribution in [1.82, 2.24) is 0 Å². The van der Waals surface area contributed by atoms with Gasteiger partial charge in [-0.25, -0.2) is 13.2 Å². The average Bonchev–Trinajstić information content (AvgIpc) is 3.00. The molecular formula is C24H20O5S. The number of aryl methyl sites for hydroxylation is 2. The van der Waals surface area contributed by atoms with E-state index in [2.05, 4.69) is 0 Å². The van der Waals surface area contributed by atoms with Gasteiger partial charge in [0.1, 0.15) is 5.75 Å². The van der Waals surface area contributed by atoms with Gasteiger partial charge in [0.05, 0.1) is 29.1 Å². The Morgan fingerprint density at radius 3 is 2.50 bits per heavy atom. The van der Waals surface area contributed by atoms with E-state index in [1.807, 2.05) is 24.3 Å². The standard InChI is InChI=1S/C24H20O5S/c1-3-29-24(25)19-13-15-9-8-14-12-16(28-2)10-11-17(14)21(15)23-22(19)18-6-4-5-7-20(18)30(23,26)27/h4-7,10-13H,3,8-9H2,1-2H3. The van der Waals surface area contributed by atoms with Crippen LogP contribution in [0.15, 0.2) is 58.3 Å². The largest absolute Gasteiger partial charge is 0.497 e. The quantitative estimate of drug-likeness (QED) is 0.458. The molecule has 6 heteroatoms. The summed E-state index contributed by atoms with van der Waals surface area (Å²) < 4.78 is 37.9. The zero-order valence-electron chi connectivity index (χ0n) is 16.7. The number of hydrogen-bond donors (Lipinski definition) is 0. The van der Waals surface area contributed by atoms with Gasteiger partial charge in [0.2, 0.25) is 9.84 Å². The summed E-state index contributed by atoms with van der Waals surface area (Å²) in [5.41, 5.74) is 4.78. The summed E-state index contributed by atoms with van der Waals surface area (Å²) in [4.78, 5) is 13.3. The molecule has 152 valence electrons. The van der Waals surface area contributed by atoms with E-state index in [4.69, 9.17) is 9.47 Å². The third-order valence-electron chi connectivity index (χ3n) is 5.82. The minimum Gasteiger partial charge on any atom is -0.497 e. The lowest BCUT2D eigenvalue weighted by atomic mass is 9.82. The van der Waals surface area contributed by atoms with Gasteiger partial charge in [0, 0.05) is 16.7 Å². The van der Waals surface area contributed by atoms with E-state index in [-0.39, 0.29) is 16.4 Å². The van der Waals surface area contributed by atoms with Crippen LogP contribution in [0.2, 0.25) is 0 Å². The highest BCUT2D eigenvalue weighted by molar-refractivity contribution is 7.92. The topological polar surface area (TPSA) is 69.7 Å². The van der Waals surface area contributed by atoms with E-state index in [0.29, 0.717) is 28.7 Å². The third kappa shape index (κ3) is 2.53. The molecule has 0 amide bonds. The van der Waals surface area contributed by atoms with Crippen LogP contribution in [0.1, 0.15) is 28.4 Å². The number of methoxy groups -OCH3 is 1. The van der Waals surface area contributed by atoms with Crippen molar-refractivity contribution in [2.75, 3.05) is 13.7 Å². The molecule has 3 aromatic carbocycles. The number of hydrogen-bond acceptors (Lipinski definition) is 5. The highest BCUT2D eigenvalue weighted by atomic mass is 32.2. The van der Waals surface area contributed by atoms with E-state index >= 15 is 0 Å². The molecule has 1 aliphatic carbocycles. The second-order valence-electron chi connectivity index (χ2n) is 7.41. The van der Waals surface area contributed by atoms with Gasteiger partial charge < -0.3 is 9.47 Å². The Hall–Kier alpha value is -3.12. The van der Waals surface area contributed by atoms with Crippen molar-refractivity contribution >= 4 is 15.8 Å². The molecule has 0 saturated carbocycles. The third-order valence-corrected chi connectivity index (χ3v) is 7.70. The molecule has 0 bridgehead atoms. The number of fused-ring (bicyclic) bond motifs is 7. The Bertz CT molecular complexity index is 1320. The molecule has 0 saturated heterocycles. The molecule has 0 spiro atoms. The van der Waals surface area contributed by atoms with Crippen LogP contribution < -0.4 is 4.74 Å². The van der Waals surface area contributed by atoms with E-state index < -0.39 is 15.8 Å². The molecule has 2 aliphatic rings. The van der Waals surface area contributed by atoms with E-state index in [0.717, 1.165) is 28.9 Å². The SMILES string of the molecule is CCOC(=O)c1cc2c(c3c1-c1ccccc1S3(=O)=O)-c1ccc(OC)cc1CC2. The second-order valence-corrected chi connectivity index (χ2v) is 9.26. The molecule has 0 aromatic heterocycles. The van der Waals surface area contributed by atoms with Crippen molar-refractivity contribution < 1.29 is 22.7 Å². The molecule has 1 heterocycles. The highest BCUT2D eigenvalue weighted by Crippen LogP contribution is 2.52. The van der Waals surface area contributed by atoms with Crippen LogP contribution in [0.4, 0.5) is 0 Å². The molecule has 0 atom stereocenters. The first-order chi connectivity index (χ1) is 14.5.